The summed E-state index contributed by atoms with van der Waals surface area (Å²) in [5.41, 5.74) is -0.741. The van der Waals surface area contributed by atoms with E-state index in [2.05, 4.69) is 10.1 Å². The zero-order valence-electron chi connectivity index (χ0n) is 15.9. The Balaban J connectivity index is 1.82. The van der Waals surface area contributed by atoms with Gasteiger partial charge in [0.2, 0.25) is 10.0 Å². The van der Waals surface area contributed by atoms with Gasteiger partial charge in [-0.1, -0.05) is 25.9 Å². The van der Waals surface area contributed by atoms with Crippen LogP contribution in [0.5, 0.6) is 5.75 Å². The highest BCUT2D eigenvalue weighted by Gasteiger charge is 2.30. The minimum atomic E-state index is -3.76. The van der Waals surface area contributed by atoms with Crippen LogP contribution in [0, 0.1) is 10.1 Å². The van der Waals surface area contributed by atoms with E-state index in [1.54, 1.807) is 0 Å². The van der Waals surface area contributed by atoms with Crippen LogP contribution in [0.2, 0.25) is 0 Å². The van der Waals surface area contributed by atoms with E-state index in [9.17, 15) is 18.5 Å². The smallest absolute Gasteiger partial charge is 0.312 e. The minimum absolute atomic E-state index is 0.0686. The van der Waals surface area contributed by atoms with Crippen molar-refractivity contribution < 1.29 is 22.6 Å². The first kappa shape index (κ1) is 20.2. The fraction of sp³-hybridized carbons (Fsp3) is 0.529. The molecule has 1 fully saturated rings. The summed E-state index contributed by atoms with van der Waals surface area (Å²) in [7, 11) is -3.76. The van der Waals surface area contributed by atoms with E-state index in [1.807, 2.05) is 20.8 Å². The van der Waals surface area contributed by atoms with Crippen molar-refractivity contribution in [3.63, 3.8) is 0 Å². The number of hydrogen-bond acceptors (Lipinski definition) is 8. The number of aromatic nitrogens is 2. The maximum atomic E-state index is 12.6. The van der Waals surface area contributed by atoms with Crippen LogP contribution in [0.3, 0.4) is 0 Å². The molecule has 0 N–H and O–H groups in total. The van der Waals surface area contributed by atoms with Crippen molar-refractivity contribution in [2.24, 2.45) is 0 Å². The predicted molar refractivity (Wildman–Crippen MR) is 98.4 cm³/mol. The van der Waals surface area contributed by atoms with Crippen molar-refractivity contribution in [1.82, 2.24) is 14.4 Å². The highest BCUT2D eigenvalue weighted by molar-refractivity contribution is 7.89. The van der Waals surface area contributed by atoms with Crippen LogP contribution >= 0.6 is 0 Å². The second kappa shape index (κ2) is 7.47. The molecule has 10 nitrogen and oxygen atoms in total. The lowest BCUT2D eigenvalue weighted by Crippen LogP contribution is -2.27. The Morgan fingerprint density at radius 2 is 1.96 bits per heavy atom. The number of benzene rings is 1. The summed E-state index contributed by atoms with van der Waals surface area (Å²) in [6.07, 6.45) is 1.56. The van der Waals surface area contributed by atoms with E-state index >= 15 is 0 Å². The lowest BCUT2D eigenvalue weighted by molar-refractivity contribution is -0.386. The van der Waals surface area contributed by atoms with E-state index in [1.165, 1.54) is 16.4 Å². The van der Waals surface area contributed by atoms with Crippen LogP contribution in [0.15, 0.2) is 27.6 Å². The number of sulfonamides is 1. The van der Waals surface area contributed by atoms with E-state index in [-0.39, 0.29) is 28.6 Å². The monoisotopic (exact) mass is 410 g/mol. The lowest BCUT2D eigenvalue weighted by atomic mass is 9.96. The first-order valence-electron chi connectivity index (χ1n) is 8.83. The number of hydrogen-bond donors (Lipinski definition) is 0. The molecule has 0 unspecified atom stereocenters. The van der Waals surface area contributed by atoms with Gasteiger partial charge < -0.3 is 9.26 Å². The van der Waals surface area contributed by atoms with Crippen molar-refractivity contribution in [3.8, 4) is 5.75 Å². The van der Waals surface area contributed by atoms with Crippen molar-refractivity contribution in [2.75, 3.05) is 13.1 Å². The van der Waals surface area contributed by atoms with Crippen LogP contribution in [-0.2, 0) is 22.0 Å². The predicted octanol–water partition coefficient (Wildman–Crippen LogP) is 2.64. The average Bonchev–Trinajstić information content (AvgIpc) is 3.31. The molecule has 152 valence electrons. The first-order chi connectivity index (χ1) is 13.1. The Kier molecular flexibility index (Phi) is 5.39. The Morgan fingerprint density at radius 3 is 2.54 bits per heavy atom. The Hall–Kier alpha value is -2.53. The molecule has 3 rings (SSSR count). The van der Waals surface area contributed by atoms with Crippen molar-refractivity contribution in [2.45, 2.75) is 50.5 Å². The standard InChI is InChI=1S/C17H22N4O6S/c1-17(2,3)16-18-15(27-19-16)11-26-14-7-6-12(10-13(14)21(22)23)28(24,25)20-8-4-5-9-20/h6-7,10H,4-5,8-9,11H2,1-3H3. The molecule has 0 radical (unpaired) electrons. The van der Waals surface area contributed by atoms with Gasteiger partial charge in [0.1, 0.15) is 0 Å². The van der Waals surface area contributed by atoms with Crippen molar-refractivity contribution in [1.29, 1.82) is 0 Å². The number of rotatable bonds is 6. The van der Waals surface area contributed by atoms with Gasteiger partial charge in [0.05, 0.1) is 9.82 Å². The molecule has 1 aromatic heterocycles. The molecule has 2 heterocycles. The zero-order chi connectivity index (χ0) is 20.5. The second-order valence-electron chi connectivity index (χ2n) is 7.55. The molecule has 2 aromatic rings. The molecule has 0 saturated carbocycles. The normalized spacial score (nSPS) is 15.7. The van der Waals surface area contributed by atoms with Crippen LogP contribution in [0.1, 0.15) is 45.3 Å². The van der Waals surface area contributed by atoms with Crippen LogP contribution in [-0.4, -0.2) is 40.9 Å². The average molecular weight is 410 g/mol. The fourth-order valence-corrected chi connectivity index (χ4v) is 4.30. The van der Waals surface area contributed by atoms with Gasteiger partial charge in [-0.25, -0.2) is 8.42 Å². The van der Waals surface area contributed by atoms with Crippen molar-refractivity contribution in [3.05, 3.63) is 40.0 Å². The summed E-state index contributed by atoms with van der Waals surface area (Å²) in [5.74, 6) is 0.599. The lowest BCUT2D eigenvalue weighted by Gasteiger charge is -2.15. The summed E-state index contributed by atoms with van der Waals surface area (Å²) in [4.78, 5) is 14.8. The largest absolute Gasteiger partial charge is 0.477 e. The molecule has 1 aliphatic rings. The van der Waals surface area contributed by atoms with Gasteiger partial charge >= 0.3 is 5.69 Å². The van der Waals surface area contributed by atoms with Gasteiger partial charge in [0.25, 0.3) is 5.89 Å². The van der Waals surface area contributed by atoms with Gasteiger partial charge in [0, 0.05) is 24.6 Å². The Morgan fingerprint density at radius 1 is 1.29 bits per heavy atom. The van der Waals surface area contributed by atoms with Crippen LogP contribution in [0.4, 0.5) is 5.69 Å². The molecule has 0 spiro atoms. The summed E-state index contributed by atoms with van der Waals surface area (Å²) in [5, 5.41) is 15.3. The summed E-state index contributed by atoms with van der Waals surface area (Å²) < 4.78 is 37.1. The number of nitro groups is 1. The number of nitrogens with zero attached hydrogens (tertiary/aromatic N) is 4. The maximum Gasteiger partial charge on any atom is 0.312 e. The van der Waals surface area contributed by atoms with E-state index in [0.717, 1.165) is 18.9 Å². The molecule has 28 heavy (non-hydrogen) atoms. The number of nitro benzene ring substituents is 1. The van der Waals surface area contributed by atoms with Gasteiger partial charge in [-0.2, -0.15) is 9.29 Å². The van der Waals surface area contributed by atoms with Crippen LogP contribution < -0.4 is 4.74 Å². The summed E-state index contributed by atoms with van der Waals surface area (Å²) in [6.45, 7) is 6.44. The van der Waals surface area contributed by atoms with Gasteiger partial charge in [-0.15, -0.1) is 0 Å². The fourth-order valence-electron chi connectivity index (χ4n) is 2.76. The molecule has 0 bridgehead atoms. The quantitative estimate of drug-likeness (QED) is 0.525. The minimum Gasteiger partial charge on any atom is -0.477 e. The van der Waals surface area contributed by atoms with Gasteiger partial charge in [-0.05, 0) is 25.0 Å². The first-order valence-corrected chi connectivity index (χ1v) is 10.3. The van der Waals surface area contributed by atoms with E-state index in [0.29, 0.717) is 18.9 Å². The SMILES string of the molecule is CC(C)(C)c1noc(COc2ccc(S(=O)(=O)N3CCCC3)cc2[N+](=O)[O-])n1. The summed E-state index contributed by atoms with van der Waals surface area (Å²) >= 11 is 0. The van der Waals surface area contributed by atoms with Crippen LogP contribution in [0.25, 0.3) is 0 Å². The zero-order valence-corrected chi connectivity index (χ0v) is 16.7. The summed E-state index contributed by atoms with van der Waals surface area (Å²) in [6, 6.07) is 3.61. The second-order valence-corrected chi connectivity index (χ2v) is 9.49. The molecular weight excluding hydrogens is 388 g/mol. The molecule has 1 aromatic carbocycles. The Bertz CT molecular complexity index is 974. The molecule has 1 aliphatic heterocycles. The molecular formula is C17H22N4O6S. The van der Waals surface area contributed by atoms with Gasteiger partial charge in [0.15, 0.2) is 18.2 Å². The van der Waals surface area contributed by atoms with E-state index in [4.69, 9.17) is 9.26 Å². The topological polar surface area (TPSA) is 129 Å². The highest BCUT2D eigenvalue weighted by atomic mass is 32.2. The third kappa shape index (κ3) is 4.14. The van der Waals surface area contributed by atoms with E-state index < -0.39 is 20.6 Å². The molecule has 11 heteroatoms. The third-order valence-electron chi connectivity index (χ3n) is 4.32. The van der Waals surface area contributed by atoms with Gasteiger partial charge in [-0.3, -0.25) is 10.1 Å². The van der Waals surface area contributed by atoms with Crippen molar-refractivity contribution >= 4 is 15.7 Å². The molecule has 0 amide bonds. The molecule has 1 saturated heterocycles. The molecule has 0 aliphatic carbocycles. The maximum absolute atomic E-state index is 12.6. The molecule has 0 atom stereocenters. The third-order valence-corrected chi connectivity index (χ3v) is 6.21. The number of ether oxygens (including phenoxy) is 1. The Labute approximate surface area is 162 Å². The highest BCUT2D eigenvalue weighted by Crippen LogP contribution is 2.32.